The van der Waals surface area contributed by atoms with Gasteiger partial charge in [-0.2, -0.15) is 0 Å². The summed E-state index contributed by atoms with van der Waals surface area (Å²) in [6.07, 6.45) is 6.65. The summed E-state index contributed by atoms with van der Waals surface area (Å²) in [4.78, 5) is 41.2. The molecule has 2 amide bonds. The molecule has 1 aliphatic carbocycles. The molecule has 0 aromatic heterocycles. The number of amides is 2. The zero-order valence-corrected chi connectivity index (χ0v) is 9.91. The average Bonchev–Trinajstić information content (AvgIpc) is 2.73. The van der Waals surface area contributed by atoms with Gasteiger partial charge in [0.25, 0.3) is 11.8 Å². The highest BCUT2D eigenvalue weighted by atomic mass is 16.4. The number of carbonyl (C=O) groups excluding carboxylic acids is 2. The van der Waals surface area contributed by atoms with Crippen molar-refractivity contribution in [1.29, 1.82) is 0 Å². The Morgan fingerprint density at radius 2 is 1.68 bits per heavy atom. The van der Waals surface area contributed by atoms with Gasteiger partial charge in [0.15, 0.2) is 0 Å². The van der Waals surface area contributed by atoms with Gasteiger partial charge in [-0.15, -0.1) is 0 Å². The van der Waals surface area contributed by atoms with E-state index in [1.807, 2.05) is 5.32 Å². The van der Waals surface area contributed by atoms with Gasteiger partial charge in [-0.25, -0.2) is 0 Å². The molecule has 2 atom stereocenters. The Morgan fingerprint density at radius 1 is 1.11 bits per heavy atom. The fourth-order valence-corrected chi connectivity index (χ4v) is 1.72. The lowest BCUT2D eigenvalue weighted by atomic mass is 9.84. The summed E-state index contributed by atoms with van der Waals surface area (Å²) < 4.78 is 0. The van der Waals surface area contributed by atoms with E-state index in [1.54, 1.807) is 6.08 Å². The summed E-state index contributed by atoms with van der Waals surface area (Å²) in [6.45, 7) is 0. The van der Waals surface area contributed by atoms with Gasteiger partial charge < -0.3 is 10.2 Å². The van der Waals surface area contributed by atoms with Crippen molar-refractivity contribution < 1.29 is 29.4 Å². The van der Waals surface area contributed by atoms with Crippen molar-refractivity contribution in [3.05, 3.63) is 24.3 Å². The third-order valence-corrected chi connectivity index (χ3v) is 2.66. The van der Waals surface area contributed by atoms with Crippen LogP contribution in [0.4, 0.5) is 0 Å². The summed E-state index contributed by atoms with van der Waals surface area (Å²) >= 11 is 0. The Hall–Kier alpha value is -2.44. The standard InChI is InChI=1S/C8H10O4.C4H3NO2/c9-7(10)5-3-1-2-4-6(5)8(11)12;6-3-1-2-4(7)5-3/h1,3,5-6H,2,4H2,(H,9,10)(H,11,12);1-2H,(H,5,6,7). The van der Waals surface area contributed by atoms with Crippen LogP contribution in [0.3, 0.4) is 0 Å². The first-order valence-corrected chi connectivity index (χ1v) is 5.57. The van der Waals surface area contributed by atoms with Crippen LogP contribution in [0.1, 0.15) is 12.8 Å². The maximum atomic E-state index is 10.6. The highest BCUT2D eigenvalue weighted by Gasteiger charge is 2.32. The van der Waals surface area contributed by atoms with Gasteiger partial charge in [-0.3, -0.25) is 24.5 Å². The van der Waals surface area contributed by atoms with Crippen LogP contribution in [0.15, 0.2) is 24.3 Å². The van der Waals surface area contributed by atoms with Gasteiger partial charge >= 0.3 is 11.9 Å². The van der Waals surface area contributed by atoms with Gasteiger partial charge in [-0.05, 0) is 12.8 Å². The summed E-state index contributed by atoms with van der Waals surface area (Å²) in [6, 6.07) is 0. The van der Waals surface area contributed by atoms with Crippen molar-refractivity contribution in [2.24, 2.45) is 11.8 Å². The third-order valence-electron chi connectivity index (χ3n) is 2.66. The molecule has 0 radical (unpaired) electrons. The monoisotopic (exact) mass is 267 g/mol. The van der Waals surface area contributed by atoms with Crippen molar-refractivity contribution in [2.45, 2.75) is 12.8 Å². The first kappa shape index (κ1) is 14.6. The summed E-state index contributed by atoms with van der Waals surface area (Å²) in [5.41, 5.74) is 0. The van der Waals surface area contributed by atoms with E-state index in [0.29, 0.717) is 12.8 Å². The summed E-state index contributed by atoms with van der Waals surface area (Å²) in [5, 5.41) is 19.3. The van der Waals surface area contributed by atoms with Crippen molar-refractivity contribution >= 4 is 23.8 Å². The van der Waals surface area contributed by atoms with Crippen LogP contribution in [0.25, 0.3) is 0 Å². The lowest BCUT2D eigenvalue weighted by molar-refractivity contribution is -0.152. The molecule has 3 N–H and O–H groups in total. The number of rotatable bonds is 2. The van der Waals surface area contributed by atoms with Crippen molar-refractivity contribution in [3.8, 4) is 0 Å². The van der Waals surface area contributed by atoms with Gasteiger partial charge in [0, 0.05) is 12.2 Å². The Labute approximate surface area is 108 Å². The minimum absolute atomic E-state index is 0.329. The Kier molecular flexibility index (Phi) is 4.99. The van der Waals surface area contributed by atoms with E-state index in [0.717, 1.165) is 0 Å². The molecule has 0 saturated heterocycles. The first-order chi connectivity index (χ1) is 8.91. The van der Waals surface area contributed by atoms with E-state index >= 15 is 0 Å². The second-order valence-electron chi connectivity index (χ2n) is 4.00. The molecule has 1 heterocycles. The topological polar surface area (TPSA) is 121 Å². The Bertz CT molecular complexity index is 449. The minimum atomic E-state index is -1.06. The fraction of sp³-hybridized carbons (Fsp3) is 0.333. The van der Waals surface area contributed by atoms with E-state index in [1.165, 1.54) is 18.2 Å². The second kappa shape index (κ2) is 6.48. The zero-order valence-electron chi connectivity index (χ0n) is 9.91. The van der Waals surface area contributed by atoms with Crippen LogP contribution in [-0.2, 0) is 19.2 Å². The van der Waals surface area contributed by atoms with Gasteiger partial charge in [0.05, 0.1) is 11.8 Å². The molecular weight excluding hydrogens is 254 g/mol. The molecule has 0 fully saturated rings. The van der Waals surface area contributed by atoms with E-state index < -0.39 is 23.8 Å². The molecule has 1 aliphatic heterocycles. The van der Waals surface area contributed by atoms with Crippen LogP contribution >= 0.6 is 0 Å². The van der Waals surface area contributed by atoms with Crippen LogP contribution < -0.4 is 5.32 Å². The molecule has 7 nitrogen and oxygen atoms in total. The maximum absolute atomic E-state index is 10.6. The fourth-order valence-electron chi connectivity index (χ4n) is 1.72. The number of hydrogen-bond donors (Lipinski definition) is 3. The molecule has 2 rings (SSSR count). The smallest absolute Gasteiger partial charge is 0.311 e. The number of carbonyl (C=O) groups is 4. The summed E-state index contributed by atoms with van der Waals surface area (Å²) in [7, 11) is 0. The highest BCUT2D eigenvalue weighted by molar-refractivity contribution is 6.12. The predicted octanol–water partition coefficient (Wildman–Crippen LogP) is -0.0630. The van der Waals surface area contributed by atoms with E-state index in [2.05, 4.69) is 0 Å². The molecule has 0 aromatic rings. The largest absolute Gasteiger partial charge is 0.481 e. The Morgan fingerprint density at radius 3 is 2.00 bits per heavy atom. The first-order valence-electron chi connectivity index (χ1n) is 5.57. The average molecular weight is 267 g/mol. The third kappa shape index (κ3) is 4.38. The number of aliphatic carboxylic acids is 2. The molecule has 0 spiro atoms. The number of nitrogens with one attached hydrogen (secondary N) is 1. The second-order valence-corrected chi connectivity index (χ2v) is 4.00. The van der Waals surface area contributed by atoms with E-state index in [4.69, 9.17) is 10.2 Å². The predicted molar refractivity (Wildman–Crippen MR) is 62.9 cm³/mol. The lowest BCUT2D eigenvalue weighted by Crippen LogP contribution is -2.30. The van der Waals surface area contributed by atoms with Gasteiger partial charge in [0.2, 0.25) is 0 Å². The van der Waals surface area contributed by atoms with Crippen LogP contribution in [0.5, 0.6) is 0 Å². The molecule has 0 aromatic carbocycles. The van der Waals surface area contributed by atoms with Crippen molar-refractivity contribution in [1.82, 2.24) is 5.32 Å². The Balaban J connectivity index is 0.000000218. The minimum Gasteiger partial charge on any atom is -0.481 e. The molecule has 7 heteroatoms. The SMILES string of the molecule is O=C(O)C1C=CCCC1C(=O)O.O=C1C=CC(=O)N1. The number of carboxylic acid groups (broad SMARTS) is 2. The van der Waals surface area contributed by atoms with Crippen molar-refractivity contribution in [2.75, 3.05) is 0 Å². The van der Waals surface area contributed by atoms with Gasteiger partial charge in [0.1, 0.15) is 0 Å². The molecule has 0 saturated carbocycles. The van der Waals surface area contributed by atoms with Crippen LogP contribution in [-0.4, -0.2) is 34.0 Å². The molecule has 19 heavy (non-hydrogen) atoms. The number of hydrogen-bond acceptors (Lipinski definition) is 4. The number of carboxylic acids is 2. The molecule has 2 unspecified atom stereocenters. The number of imide groups is 1. The zero-order chi connectivity index (χ0) is 14.4. The van der Waals surface area contributed by atoms with Gasteiger partial charge in [-0.1, -0.05) is 12.2 Å². The lowest BCUT2D eigenvalue weighted by Gasteiger charge is -2.19. The van der Waals surface area contributed by atoms with E-state index in [9.17, 15) is 19.2 Å². The maximum Gasteiger partial charge on any atom is 0.311 e. The van der Waals surface area contributed by atoms with Crippen LogP contribution in [0, 0.1) is 11.8 Å². The van der Waals surface area contributed by atoms with E-state index in [-0.39, 0.29) is 11.8 Å². The molecule has 0 bridgehead atoms. The van der Waals surface area contributed by atoms with Crippen LogP contribution in [0.2, 0.25) is 0 Å². The molecule has 2 aliphatic rings. The number of allylic oxidation sites excluding steroid dienone is 1. The summed E-state index contributed by atoms with van der Waals surface area (Å²) in [5.74, 6) is -4.34. The molecule has 102 valence electrons. The van der Waals surface area contributed by atoms with Crippen molar-refractivity contribution in [3.63, 3.8) is 0 Å². The normalized spacial score (nSPS) is 24.4. The quantitative estimate of drug-likeness (QED) is 0.476. The highest BCUT2D eigenvalue weighted by Crippen LogP contribution is 2.24. The molecular formula is C12H13NO6.